The highest BCUT2D eigenvalue weighted by molar-refractivity contribution is 5.95. The second kappa shape index (κ2) is 7.29. The molecule has 0 N–H and O–H groups in total. The maximum Gasteiger partial charge on any atom is 0.231 e. The number of methoxy groups -OCH3 is 1. The van der Waals surface area contributed by atoms with Gasteiger partial charge in [-0.1, -0.05) is 36.4 Å². The molecule has 0 saturated carbocycles. The largest absolute Gasteiger partial charge is 0.496 e. The fourth-order valence-electron chi connectivity index (χ4n) is 2.97. The van der Waals surface area contributed by atoms with E-state index in [2.05, 4.69) is 0 Å². The lowest BCUT2D eigenvalue weighted by Gasteiger charge is -2.28. The molecular formula is C19H21NO3. The number of hydrogen-bond acceptors (Lipinski definition) is 3. The van der Waals surface area contributed by atoms with E-state index in [1.165, 1.54) is 0 Å². The molecule has 4 nitrogen and oxygen atoms in total. The summed E-state index contributed by atoms with van der Waals surface area (Å²) in [5, 5.41) is 0. The number of para-hydroxylation sites is 2. The van der Waals surface area contributed by atoms with Crippen LogP contribution in [0.15, 0.2) is 54.6 Å². The number of benzene rings is 2. The van der Waals surface area contributed by atoms with Crippen LogP contribution >= 0.6 is 0 Å². The van der Waals surface area contributed by atoms with Crippen LogP contribution in [0, 0.1) is 0 Å². The Morgan fingerprint density at radius 3 is 2.61 bits per heavy atom. The van der Waals surface area contributed by atoms with E-state index in [1.807, 2.05) is 59.5 Å². The number of ether oxygens (including phenoxy) is 2. The number of nitrogens with zero attached hydrogens (tertiary/aromatic N) is 1. The first kappa shape index (κ1) is 15.6. The number of anilines is 1. The fraction of sp³-hybridized carbons (Fsp3) is 0.316. The molecule has 1 amide bonds. The number of rotatable bonds is 5. The predicted molar refractivity (Wildman–Crippen MR) is 89.9 cm³/mol. The molecule has 1 saturated heterocycles. The number of hydrogen-bond donors (Lipinski definition) is 0. The quantitative estimate of drug-likeness (QED) is 0.852. The van der Waals surface area contributed by atoms with Gasteiger partial charge in [-0.2, -0.15) is 0 Å². The van der Waals surface area contributed by atoms with Crippen molar-refractivity contribution in [1.82, 2.24) is 0 Å². The second-order valence-electron chi connectivity index (χ2n) is 5.61. The van der Waals surface area contributed by atoms with Crippen LogP contribution < -0.4 is 9.64 Å². The molecule has 1 aliphatic rings. The molecule has 3 rings (SSSR count). The monoisotopic (exact) mass is 311 g/mol. The van der Waals surface area contributed by atoms with E-state index < -0.39 is 0 Å². The molecule has 0 unspecified atom stereocenters. The van der Waals surface area contributed by atoms with E-state index in [1.54, 1.807) is 7.11 Å². The molecule has 0 bridgehead atoms. The minimum Gasteiger partial charge on any atom is -0.496 e. The summed E-state index contributed by atoms with van der Waals surface area (Å²) in [4.78, 5) is 14.9. The molecule has 1 fully saturated rings. The molecule has 0 aliphatic carbocycles. The molecule has 0 spiro atoms. The Bertz CT molecular complexity index is 651. The first-order chi connectivity index (χ1) is 11.3. The van der Waals surface area contributed by atoms with Crippen LogP contribution in [0.2, 0.25) is 0 Å². The average molecular weight is 311 g/mol. The van der Waals surface area contributed by atoms with E-state index in [0.717, 1.165) is 23.4 Å². The van der Waals surface area contributed by atoms with Crippen LogP contribution in [-0.2, 0) is 16.0 Å². The third-order valence-corrected chi connectivity index (χ3v) is 4.11. The molecule has 0 radical (unpaired) electrons. The maximum atomic E-state index is 13.0. The van der Waals surface area contributed by atoms with Gasteiger partial charge < -0.3 is 14.4 Å². The van der Waals surface area contributed by atoms with Crippen molar-refractivity contribution in [2.75, 3.05) is 25.2 Å². The van der Waals surface area contributed by atoms with Crippen LogP contribution in [0.5, 0.6) is 5.75 Å². The van der Waals surface area contributed by atoms with Crippen molar-refractivity contribution >= 4 is 11.6 Å². The third-order valence-electron chi connectivity index (χ3n) is 4.11. The minimum absolute atomic E-state index is 0.0659. The molecule has 4 heteroatoms. The van der Waals surface area contributed by atoms with Gasteiger partial charge in [-0.3, -0.25) is 4.79 Å². The van der Waals surface area contributed by atoms with Gasteiger partial charge in [0, 0.05) is 17.9 Å². The molecule has 1 atom stereocenters. The Labute approximate surface area is 136 Å². The van der Waals surface area contributed by atoms with E-state index in [4.69, 9.17) is 9.47 Å². The zero-order valence-electron chi connectivity index (χ0n) is 13.3. The van der Waals surface area contributed by atoms with E-state index in [0.29, 0.717) is 19.6 Å². The van der Waals surface area contributed by atoms with Gasteiger partial charge in [0.15, 0.2) is 0 Å². The van der Waals surface area contributed by atoms with Gasteiger partial charge in [-0.05, 0) is 24.6 Å². The first-order valence-corrected chi connectivity index (χ1v) is 7.86. The van der Waals surface area contributed by atoms with Gasteiger partial charge in [0.05, 0.1) is 26.2 Å². The summed E-state index contributed by atoms with van der Waals surface area (Å²) in [5.41, 5.74) is 1.82. The van der Waals surface area contributed by atoms with Crippen molar-refractivity contribution in [3.8, 4) is 5.75 Å². The first-order valence-electron chi connectivity index (χ1n) is 7.86. The van der Waals surface area contributed by atoms with Gasteiger partial charge in [0.1, 0.15) is 5.75 Å². The lowest BCUT2D eigenvalue weighted by Crippen LogP contribution is -2.41. The van der Waals surface area contributed by atoms with Crippen molar-refractivity contribution in [2.24, 2.45) is 0 Å². The smallest absolute Gasteiger partial charge is 0.231 e. The van der Waals surface area contributed by atoms with Gasteiger partial charge in [-0.25, -0.2) is 0 Å². The molecule has 0 aromatic heterocycles. The van der Waals surface area contributed by atoms with E-state index in [-0.39, 0.29) is 11.9 Å². The van der Waals surface area contributed by atoms with Gasteiger partial charge in [0.25, 0.3) is 0 Å². The zero-order chi connectivity index (χ0) is 16.1. The average Bonchev–Trinajstić information content (AvgIpc) is 3.10. The second-order valence-corrected chi connectivity index (χ2v) is 5.61. The van der Waals surface area contributed by atoms with Crippen LogP contribution in [0.1, 0.15) is 12.0 Å². The fourth-order valence-corrected chi connectivity index (χ4v) is 2.97. The van der Waals surface area contributed by atoms with Crippen molar-refractivity contribution in [3.05, 3.63) is 60.2 Å². The lowest BCUT2D eigenvalue weighted by atomic mass is 10.1. The van der Waals surface area contributed by atoms with Crippen LogP contribution in [0.25, 0.3) is 0 Å². The number of carbonyl (C=O) groups excluding carboxylic acids is 1. The van der Waals surface area contributed by atoms with Gasteiger partial charge in [0.2, 0.25) is 5.91 Å². The summed E-state index contributed by atoms with van der Waals surface area (Å²) >= 11 is 0. The maximum absolute atomic E-state index is 13.0. The van der Waals surface area contributed by atoms with Gasteiger partial charge >= 0.3 is 0 Å². The predicted octanol–water partition coefficient (Wildman–Crippen LogP) is 3.06. The van der Waals surface area contributed by atoms with E-state index in [9.17, 15) is 4.79 Å². The molecule has 1 aliphatic heterocycles. The standard InChI is InChI=1S/C19H21NO3/c1-22-18-10-6-5-7-15(18)13-19(21)20(17-11-12-23-14-17)16-8-3-2-4-9-16/h2-10,17H,11-14H2,1H3/t17-/m1/s1. The minimum atomic E-state index is 0.0659. The highest BCUT2D eigenvalue weighted by Crippen LogP contribution is 2.25. The lowest BCUT2D eigenvalue weighted by molar-refractivity contribution is -0.118. The summed E-state index contributed by atoms with van der Waals surface area (Å²) in [6.45, 7) is 1.29. The Balaban J connectivity index is 1.86. The highest BCUT2D eigenvalue weighted by atomic mass is 16.5. The van der Waals surface area contributed by atoms with Crippen LogP contribution in [0.4, 0.5) is 5.69 Å². The summed E-state index contributed by atoms with van der Waals surface area (Å²) in [6, 6.07) is 17.6. The molecule has 23 heavy (non-hydrogen) atoms. The van der Waals surface area contributed by atoms with Crippen LogP contribution in [-0.4, -0.2) is 32.3 Å². The Morgan fingerprint density at radius 2 is 1.91 bits per heavy atom. The van der Waals surface area contributed by atoms with E-state index >= 15 is 0 Å². The van der Waals surface area contributed by atoms with Crippen molar-refractivity contribution in [1.29, 1.82) is 0 Å². The Hall–Kier alpha value is -2.33. The Morgan fingerprint density at radius 1 is 1.17 bits per heavy atom. The molecular weight excluding hydrogens is 290 g/mol. The molecule has 120 valence electrons. The van der Waals surface area contributed by atoms with Crippen molar-refractivity contribution in [2.45, 2.75) is 18.9 Å². The topological polar surface area (TPSA) is 38.8 Å². The summed E-state index contributed by atoms with van der Waals surface area (Å²) in [7, 11) is 1.63. The molecule has 2 aromatic carbocycles. The zero-order valence-corrected chi connectivity index (χ0v) is 13.3. The molecule has 2 aromatic rings. The number of amides is 1. The third kappa shape index (κ3) is 3.54. The molecule has 1 heterocycles. The van der Waals surface area contributed by atoms with Crippen LogP contribution in [0.3, 0.4) is 0 Å². The van der Waals surface area contributed by atoms with Crippen molar-refractivity contribution < 1.29 is 14.3 Å². The summed E-state index contributed by atoms with van der Waals surface area (Å²) < 4.78 is 10.8. The summed E-state index contributed by atoms with van der Waals surface area (Å²) in [5.74, 6) is 0.813. The normalized spacial score (nSPS) is 17.0. The van der Waals surface area contributed by atoms with Gasteiger partial charge in [-0.15, -0.1) is 0 Å². The summed E-state index contributed by atoms with van der Waals surface area (Å²) in [6.07, 6.45) is 1.18. The highest BCUT2D eigenvalue weighted by Gasteiger charge is 2.29. The SMILES string of the molecule is COc1ccccc1CC(=O)N(c1ccccc1)[C@@H]1CCOC1. The number of carbonyl (C=O) groups is 1. The Kier molecular flexibility index (Phi) is 4.93. The van der Waals surface area contributed by atoms with Crippen molar-refractivity contribution in [3.63, 3.8) is 0 Å².